The molecule has 0 bridgehead atoms. The molecule has 5 nitrogen and oxygen atoms in total. The van der Waals surface area contributed by atoms with Gasteiger partial charge in [-0.2, -0.15) is 0 Å². The minimum absolute atomic E-state index is 0.0161. The highest BCUT2D eigenvalue weighted by Crippen LogP contribution is 2.01. The summed E-state index contributed by atoms with van der Waals surface area (Å²) in [7, 11) is 3.07. The molecule has 0 aliphatic heterocycles. The molecule has 88 valence electrons. The van der Waals surface area contributed by atoms with Gasteiger partial charge in [0.25, 0.3) is 0 Å². The number of esters is 1. The van der Waals surface area contributed by atoms with Crippen LogP contribution in [0.2, 0.25) is 0 Å². The van der Waals surface area contributed by atoms with Gasteiger partial charge in [0.1, 0.15) is 0 Å². The summed E-state index contributed by atoms with van der Waals surface area (Å²) in [6, 6.07) is 0. The number of carbonyl (C=O) groups is 2. The van der Waals surface area contributed by atoms with Gasteiger partial charge in [-0.3, -0.25) is 9.59 Å². The molecule has 1 amide bonds. The molecular weight excluding hydrogens is 196 g/mol. The first-order valence-corrected chi connectivity index (χ1v) is 5.04. The van der Waals surface area contributed by atoms with Crippen LogP contribution in [-0.4, -0.2) is 44.0 Å². The Morgan fingerprint density at radius 1 is 1.47 bits per heavy atom. The molecule has 0 aromatic rings. The van der Waals surface area contributed by atoms with E-state index >= 15 is 0 Å². The predicted molar refractivity (Wildman–Crippen MR) is 57.1 cm³/mol. The lowest BCUT2D eigenvalue weighted by Crippen LogP contribution is -2.35. The molecule has 1 unspecified atom stereocenters. The van der Waals surface area contributed by atoms with E-state index < -0.39 is 0 Å². The molecule has 0 saturated carbocycles. The van der Waals surface area contributed by atoms with E-state index in [1.165, 1.54) is 7.11 Å². The average Bonchev–Trinajstić information content (AvgIpc) is 2.26. The van der Waals surface area contributed by atoms with Crippen molar-refractivity contribution >= 4 is 11.9 Å². The average molecular weight is 216 g/mol. The first-order chi connectivity index (χ1) is 7.02. The Labute approximate surface area is 90.6 Å². The van der Waals surface area contributed by atoms with Gasteiger partial charge in [-0.1, -0.05) is 6.92 Å². The second kappa shape index (κ2) is 7.23. The molecule has 0 fully saturated rings. The summed E-state index contributed by atoms with van der Waals surface area (Å²) < 4.78 is 4.50. The monoisotopic (exact) mass is 216 g/mol. The number of hydrogen-bond acceptors (Lipinski definition) is 4. The Morgan fingerprint density at radius 3 is 2.53 bits per heavy atom. The molecule has 0 aromatic carbocycles. The van der Waals surface area contributed by atoms with Crippen molar-refractivity contribution < 1.29 is 14.3 Å². The van der Waals surface area contributed by atoms with E-state index in [-0.39, 0.29) is 17.8 Å². The molecule has 0 aliphatic carbocycles. The minimum atomic E-state index is -0.247. The number of hydrogen-bond donors (Lipinski definition) is 1. The van der Waals surface area contributed by atoms with Crippen LogP contribution >= 0.6 is 0 Å². The number of rotatable bonds is 6. The van der Waals surface area contributed by atoms with Crippen molar-refractivity contribution in [1.29, 1.82) is 0 Å². The first kappa shape index (κ1) is 13.9. The van der Waals surface area contributed by atoms with Gasteiger partial charge < -0.3 is 15.4 Å². The summed E-state index contributed by atoms with van der Waals surface area (Å²) in [6.45, 7) is 2.69. The number of ether oxygens (including phenoxy) is 1. The molecule has 5 heteroatoms. The summed E-state index contributed by atoms with van der Waals surface area (Å²) in [5.74, 6) is -0.391. The SMILES string of the molecule is COC(=O)CCCN(C)C(=O)C(C)CN. The molecule has 0 heterocycles. The van der Waals surface area contributed by atoms with E-state index in [9.17, 15) is 9.59 Å². The van der Waals surface area contributed by atoms with Crippen molar-refractivity contribution in [1.82, 2.24) is 4.90 Å². The summed E-state index contributed by atoms with van der Waals surface area (Å²) in [4.78, 5) is 24.0. The quantitative estimate of drug-likeness (QED) is 0.634. The largest absolute Gasteiger partial charge is 0.469 e. The van der Waals surface area contributed by atoms with E-state index in [0.29, 0.717) is 25.9 Å². The van der Waals surface area contributed by atoms with Crippen molar-refractivity contribution in [3.8, 4) is 0 Å². The molecule has 2 N–H and O–H groups in total. The van der Waals surface area contributed by atoms with E-state index in [1.807, 2.05) is 0 Å². The molecule has 0 radical (unpaired) electrons. The van der Waals surface area contributed by atoms with Gasteiger partial charge in [0.2, 0.25) is 5.91 Å². The number of nitrogens with two attached hydrogens (primary N) is 1. The third-order valence-electron chi connectivity index (χ3n) is 2.25. The maximum atomic E-state index is 11.5. The highest BCUT2D eigenvalue weighted by molar-refractivity contribution is 5.78. The lowest BCUT2D eigenvalue weighted by atomic mass is 10.1. The third-order valence-corrected chi connectivity index (χ3v) is 2.25. The molecule has 0 aliphatic rings. The van der Waals surface area contributed by atoms with Crippen molar-refractivity contribution in [2.45, 2.75) is 19.8 Å². The summed E-state index contributed by atoms with van der Waals surface area (Å²) in [5.41, 5.74) is 5.39. The number of carbonyl (C=O) groups excluding carboxylic acids is 2. The molecule has 0 aromatic heterocycles. The van der Waals surface area contributed by atoms with Crippen molar-refractivity contribution in [3.05, 3.63) is 0 Å². The fraction of sp³-hybridized carbons (Fsp3) is 0.800. The van der Waals surface area contributed by atoms with Gasteiger partial charge in [0.15, 0.2) is 0 Å². The third kappa shape index (κ3) is 5.37. The first-order valence-electron chi connectivity index (χ1n) is 5.04. The van der Waals surface area contributed by atoms with E-state index in [4.69, 9.17) is 5.73 Å². The Balaban J connectivity index is 3.78. The number of nitrogens with zero attached hydrogens (tertiary/aromatic N) is 1. The summed E-state index contributed by atoms with van der Waals surface area (Å²) >= 11 is 0. The Bertz CT molecular complexity index is 219. The van der Waals surface area contributed by atoms with Crippen LogP contribution in [0.15, 0.2) is 0 Å². The van der Waals surface area contributed by atoms with Crippen LogP contribution in [-0.2, 0) is 14.3 Å². The minimum Gasteiger partial charge on any atom is -0.469 e. The van der Waals surface area contributed by atoms with Gasteiger partial charge in [-0.05, 0) is 6.42 Å². The van der Waals surface area contributed by atoms with Gasteiger partial charge in [0.05, 0.1) is 7.11 Å². The van der Waals surface area contributed by atoms with Crippen LogP contribution in [0.5, 0.6) is 0 Å². The predicted octanol–water partition coefficient (Wildman–Crippen LogP) is -0.00720. The van der Waals surface area contributed by atoms with Crippen LogP contribution < -0.4 is 5.73 Å². The zero-order valence-electron chi connectivity index (χ0n) is 9.66. The Morgan fingerprint density at radius 2 is 2.07 bits per heavy atom. The standard InChI is InChI=1S/C10H20N2O3/c1-8(7-11)10(14)12(2)6-4-5-9(13)15-3/h8H,4-7,11H2,1-3H3. The van der Waals surface area contributed by atoms with E-state index in [0.717, 1.165) is 0 Å². The van der Waals surface area contributed by atoms with Crippen LogP contribution in [0.4, 0.5) is 0 Å². The highest BCUT2D eigenvalue weighted by Gasteiger charge is 2.15. The zero-order valence-corrected chi connectivity index (χ0v) is 9.66. The van der Waals surface area contributed by atoms with E-state index in [2.05, 4.69) is 4.74 Å². The van der Waals surface area contributed by atoms with Gasteiger partial charge in [-0.15, -0.1) is 0 Å². The van der Waals surface area contributed by atoms with Crippen LogP contribution in [0, 0.1) is 5.92 Å². The zero-order chi connectivity index (χ0) is 11.8. The molecule has 1 atom stereocenters. The van der Waals surface area contributed by atoms with Gasteiger partial charge in [-0.25, -0.2) is 0 Å². The molecule has 0 saturated heterocycles. The molecule has 0 rings (SSSR count). The fourth-order valence-electron chi connectivity index (χ4n) is 1.15. The normalized spacial score (nSPS) is 12.0. The molecule has 15 heavy (non-hydrogen) atoms. The topological polar surface area (TPSA) is 72.6 Å². The summed E-state index contributed by atoms with van der Waals surface area (Å²) in [6.07, 6.45) is 0.956. The fourth-order valence-corrected chi connectivity index (χ4v) is 1.15. The second-order valence-electron chi connectivity index (χ2n) is 3.58. The Hall–Kier alpha value is -1.10. The lowest BCUT2D eigenvalue weighted by Gasteiger charge is -2.20. The van der Waals surface area contributed by atoms with Crippen LogP contribution in [0.3, 0.4) is 0 Å². The van der Waals surface area contributed by atoms with Crippen molar-refractivity contribution in [2.75, 3.05) is 27.2 Å². The highest BCUT2D eigenvalue weighted by atomic mass is 16.5. The molecular formula is C10H20N2O3. The van der Waals surface area contributed by atoms with Crippen LogP contribution in [0.1, 0.15) is 19.8 Å². The van der Waals surface area contributed by atoms with Crippen molar-refractivity contribution in [2.24, 2.45) is 11.7 Å². The van der Waals surface area contributed by atoms with Crippen molar-refractivity contribution in [3.63, 3.8) is 0 Å². The number of methoxy groups -OCH3 is 1. The van der Waals surface area contributed by atoms with Gasteiger partial charge in [0, 0.05) is 32.5 Å². The Kier molecular flexibility index (Phi) is 6.70. The number of amides is 1. The molecule has 0 spiro atoms. The second-order valence-corrected chi connectivity index (χ2v) is 3.58. The maximum absolute atomic E-state index is 11.5. The van der Waals surface area contributed by atoms with E-state index in [1.54, 1.807) is 18.9 Å². The lowest BCUT2D eigenvalue weighted by molar-refractivity contribution is -0.141. The smallest absolute Gasteiger partial charge is 0.305 e. The maximum Gasteiger partial charge on any atom is 0.305 e. The van der Waals surface area contributed by atoms with Crippen LogP contribution in [0.25, 0.3) is 0 Å². The van der Waals surface area contributed by atoms with Gasteiger partial charge >= 0.3 is 5.97 Å². The summed E-state index contributed by atoms with van der Waals surface area (Å²) in [5, 5.41) is 0.